The van der Waals surface area contributed by atoms with Crippen LogP contribution in [0.5, 0.6) is 0 Å². The Morgan fingerprint density at radius 2 is 1.82 bits per heavy atom. The molecule has 11 heavy (non-hydrogen) atoms. The fraction of sp³-hybridized carbons (Fsp3) is 0.500. The Morgan fingerprint density at radius 3 is 2.18 bits per heavy atom. The Balaban J connectivity index is 4.02. The molecule has 0 saturated heterocycles. The monoisotopic (exact) mass is 156 g/mol. The van der Waals surface area contributed by atoms with E-state index in [0.717, 1.165) is 0 Å². The van der Waals surface area contributed by atoms with Crippen molar-refractivity contribution in [2.75, 3.05) is 0 Å². The average molecular weight is 156 g/mol. The van der Waals surface area contributed by atoms with Gasteiger partial charge in [-0.15, -0.1) is 5.10 Å². The molecule has 0 aliphatic heterocycles. The first-order valence-electron chi connectivity index (χ1n) is 3.14. The lowest BCUT2D eigenvalue weighted by Crippen LogP contribution is -2.22. The number of guanidine groups is 1. The van der Waals surface area contributed by atoms with Crippen molar-refractivity contribution >= 4 is 17.5 Å². The van der Waals surface area contributed by atoms with Crippen LogP contribution >= 0.6 is 0 Å². The third-order valence-electron chi connectivity index (χ3n) is 0.841. The number of nitrogens with two attached hydrogens (primary N) is 2. The summed E-state index contributed by atoms with van der Waals surface area (Å²) in [5.41, 5.74) is 10.6. The average Bonchev–Trinajstić information content (AvgIpc) is 1.82. The highest BCUT2D eigenvalue weighted by molar-refractivity contribution is 5.99. The standard InChI is InChI=1S/C6H12N4O/c1-4(3-5(2)11)9-10-6(7)8/h3H2,1-2H3,(H4,7,8,10)/b9-4+. The zero-order valence-electron chi connectivity index (χ0n) is 6.66. The number of ketones is 1. The molecule has 5 nitrogen and oxygen atoms in total. The SMILES string of the molecule is CC(=O)C/C(C)=N/N=C(N)N. The van der Waals surface area contributed by atoms with E-state index in [0.29, 0.717) is 5.71 Å². The summed E-state index contributed by atoms with van der Waals surface area (Å²) in [6, 6.07) is 0. The third kappa shape index (κ3) is 6.50. The topological polar surface area (TPSA) is 93.8 Å². The molecule has 0 radical (unpaired) electrons. The van der Waals surface area contributed by atoms with Crippen molar-refractivity contribution in [1.29, 1.82) is 0 Å². The van der Waals surface area contributed by atoms with Gasteiger partial charge in [0.05, 0.1) is 0 Å². The van der Waals surface area contributed by atoms with Crippen LogP contribution in [0.15, 0.2) is 10.2 Å². The van der Waals surface area contributed by atoms with Crippen LogP contribution in [0.1, 0.15) is 20.3 Å². The lowest BCUT2D eigenvalue weighted by atomic mass is 10.2. The third-order valence-corrected chi connectivity index (χ3v) is 0.841. The second-order valence-electron chi connectivity index (χ2n) is 2.24. The van der Waals surface area contributed by atoms with Gasteiger partial charge in [-0.3, -0.25) is 4.79 Å². The molecule has 0 aliphatic rings. The Kier molecular flexibility index (Phi) is 3.87. The number of nitrogens with zero attached hydrogens (tertiary/aromatic N) is 2. The first kappa shape index (κ1) is 9.61. The molecule has 62 valence electrons. The van der Waals surface area contributed by atoms with Gasteiger partial charge in [0.2, 0.25) is 5.96 Å². The summed E-state index contributed by atoms with van der Waals surface area (Å²) in [7, 11) is 0. The van der Waals surface area contributed by atoms with Crippen LogP contribution in [-0.2, 0) is 4.79 Å². The van der Waals surface area contributed by atoms with Crippen molar-refractivity contribution in [3.63, 3.8) is 0 Å². The number of Topliss-reactive ketones (excluding diaryl/α,β-unsaturated/α-hetero) is 1. The first-order valence-corrected chi connectivity index (χ1v) is 3.14. The second-order valence-corrected chi connectivity index (χ2v) is 2.24. The molecular formula is C6H12N4O. The minimum Gasteiger partial charge on any atom is -0.369 e. The van der Waals surface area contributed by atoms with Crippen molar-refractivity contribution in [2.24, 2.45) is 21.7 Å². The maximum absolute atomic E-state index is 10.5. The summed E-state index contributed by atoms with van der Waals surface area (Å²) in [5, 5.41) is 6.98. The number of rotatable bonds is 3. The number of carbonyl (C=O) groups is 1. The molecule has 0 atom stereocenters. The molecule has 0 unspecified atom stereocenters. The maximum atomic E-state index is 10.5. The highest BCUT2D eigenvalue weighted by Gasteiger charge is 1.95. The zero-order valence-corrected chi connectivity index (χ0v) is 6.66. The molecule has 0 rings (SSSR count). The fourth-order valence-electron chi connectivity index (χ4n) is 0.539. The van der Waals surface area contributed by atoms with Crippen molar-refractivity contribution in [3.8, 4) is 0 Å². The van der Waals surface area contributed by atoms with Crippen LogP contribution in [0.2, 0.25) is 0 Å². The van der Waals surface area contributed by atoms with Gasteiger partial charge in [0.25, 0.3) is 0 Å². The van der Waals surface area contributed by atoms with E-state index >= 15 is 0 Å². The summed E-state index contributed by atoms with van der Waals surface area (Å²) in [5.74, 6) is -0.0649. The van der Waals surface area contributed by atoms with Crippen LogP contribution in [0, 0.1) is 0 Å². The van der Waals surface area contributed by atoms with Crippen molar-refractivity contribution in [2.45, 2.75) is 20.3 Å². The number of hydrogen-bond acceptors (Lipinski definition) is 3. The van der Waals surface area contributed by atoms with E-state index < -0.39 is 0 Å². The normalized spacial score (nSPS) is 10.9. The van der Waals surface area contributed by atoms with E-state index in [2.05, 4.69) is 10.2 Å². The van der Waals surface area contributed by atoms with E-state index in [1.807, 2.05) is 0 Å². The molecule has 0 spiro atoms. The summed E-state index contributed by atoms with van der Waals surface area (Å²) in [6.45, 7) is 3.17. The lowest BCUT2D eigenvalue weighted by molar-refractivity contribution is -0.115. The van der Waals surface area contributed by atoms with Crippen LogP contribution in [0.4, 0.5) is 0 Å². The Labute approximate surface area is 65.2 Å². The van der Waals surface area contributed by atoms with Crippen molar-refractivity contribution < 1.29 is 4.79 Å². The van der Waals surface area contributed by atoms with E-state index in [1.54, 1.807) is 6.92 Å². The molecule has 5 heteroatoms. The van der Waals surface area contributed by atoms with Gasteiger partial charge >= 0.3 is 0 Å². The molecule has 0 heterocycles. The van der Waals surface area contributed by atoms with Gasteiger partial charge in [0, 0.05) is 12.1 Å². The predicted molar refractivity (Wildman–Crippen MR) is 44.2 cm³/mol. The van der Waals surface area contributed by atoms with E-state index in [-0.39, 0.29) is 18.2 Å². The molecule has 0 aromatic carbocycles. The first-order chi connectivity index (χ1) is 5.02. The second kappa shape index (κ2) is 4.43. The van der Waals surface area contributed by atoms with Crippen LogP contribution < -0.4 is 11.5 Å². The predicted octanol–water partition coefficient (Wildman–Crippen LogP) is -0.385. The van der Waals surface area contributed by atoms with Crippen molar-refractivity contribution in [1.82, 2.24) is 0 Å². The Morgan fingerprint density at radius 1 is 1.27 bits per heavy atom. The largest absolute Gasteiger partial charge is 0.369 e. The molecule has 0 aliphatic carbocycles. The molecule has 0 bridgehead atoms. The minimum atomic E-state index is -0.104. The van der Waals surface area contributed by atoms with Gasteiger partial charge in [-0.05, 0) is 13.8 Å². The lowest BCUT2D eigenvalue weighted by Gasteiger charge is -1.91. The number of hydrogen-bond donors (Lipinski definition) is 2. The van der Waals surface area contributed by atoms with Crippen LogP contribution in [0.25, 0.3) is 0 Å². The Bertz CT molecular complexity index is 203. The van der Waals surface area contributed by atoms with Gasteiger partial charge in [0.15, 0.2) is 0 Å². The highest BCUT2D eigenvalue weighted by Crippen LogP contribution is 1.87. The van der Waals surface area contributed by atoms with E-state index in [9.17, 15) is 4.79 Å². The van der Waals surface area contributed by atoms with Gasteiger partial charge in [-0.1, -0.05) is 0 Å². The smallest absolute Gasteiger partial charge is 0.211 e. The molecule has 0 aromatic rings. The maximum Gasteiger partial charge on any atom is 0.211 e. The minimum absolute atomic E-state index is 0.0389. The van der Waals surface area contributed by atoms with E-state index in [4.69, 9.17) is 11.5 Å². The molecule has 0 saturated carbocycles. The summed E-state index contributed by atoms with van der Waals surface area (Å²) in [4.78, 5) is 10.5. The number of carbonyl (C=O) groups excluding carboxylic acids is 1. The molecular weight excluding hydrogens is 144 g/mol. The van der Waals surface area contributed by atoms with E-state index in [1.165, 1.54) is 6.92 Å². The summed E-state index contributed by atoms with van der Waals surface area (Å²) < 4.78 is 0. The van der Waals surface area contributed by atoms with Gasteiger partial charge in [-0.2, -0.15) is 5.10 Å². The highest BCUT2D eigenvalue weighted by atomic mass is 16.1. The van der Waals surface area contributed by atoms with Crippen LogP contribution in [-0.4, -0.2) is 17.5 Å². The molecule has 0 fully saturated rings. The zero-order chi connectivity index (χ0) is 8.85. The fourth-order valence-corrected chi connectivity index (χ4v) is 0.539. The summed E-state index contributed by atoms with van der Waals surface area (Å²) in [6.07, 6.45) is 0.288. The quantitative estimate of drug-likeness (QED) is 0.331. The van der Waals surface area contributed by atoms with Crippen LogP contribution in [0.3, 0.4) is 0 Å². The van der Waals surface area contributed by atoms with Gasteiger partial charge < -0.3 is 11.5 Å². The molecule has 0 aromatic heterocycles. The Hall–Kier alpha value is -1.39. The summed E-state index contributed by atoms with van der Waals surface area (Å²) >= 11 is 0. The van der Waals surface area contributed by atoms with Gasteiger partial charge in [-0.25, -0.2) is 0 Å². The molecule has 4 N–H and O–H groups in total. The van der Waals surface area contributed by atoms with Crippen molar-refractivity contribution in [3.05, 3.63) is 0 Å². The molecule has 0 amide bonds. The van der Waals surface area contributed by atoms with Gasteiger partial charge in [0.1, 0.15) is 5.78 Å².